The van der Waals surface area contributed by atoms with E-state index < -0.39 is 5.60 Å². The van der Waals surface area contributed by atoms with Gasteiger partial charge in [-0.1, -0.05) is 12.2 Å². The number of nitrogens with zero attached hydrogens (tertiary/aromatic N) is 3. The number of piperazine rings is 1. The molecule has 1 aliphatic heterocycles. The molecular formula is C14H22N4O2S. The van der Waals surface area contributed by atoms with Crippen molar-refractivity contribution in [3.8, 4) is 6.07 Å². The summed E-state index contributed by atoms with van der Waals surface area (Å²) in [7, 11) is 0. The van der Waals surface area contributed by atoms with E-state index in [0.717, 1.165) is 5.70 Å². The van der Waals surface area contributed by atoms with Gasteiger partial charge in [0.15, 0.2) is 0 Å². The Balaban J connectivity index is 2.67. The molecule has 0 aliphatic carbocycles. The highest BCUT2D eigenvalue weighted by Gasteiger charge is 2.26. The molecule has 0 atom stereocenters. The zero-order valence-corrected chi connectivity index (χ0v) is 13.8. The van der Waals surface area contributed by atoms with E-state index in [1.165, 1.54) is 0 Å². The summed E-state index contributed by atoms with van der Waals surface area (Å²) >= 11 is 4.87. The molecule has 0 aromatic rings. The van der Waals surface area contributed by atoms with Crippen LogP contribution in [-0.4, -0.2) is 52.7 Å². The molecule has 1 saturated heterocycles. The van der Waals surface area contributed by atoms with Gasteiger partial charge in [-0.3, -0.25) is 0 Å². The molecule has 0 radical (unpaired) electrons. The third kappa shape index (κ3) is 4.90. The van der Waals surface area contributed by atoms with Crippen LogP contribution < -0.4 is 5.73 Å². The predicted molar refractivity (Wildman–Crippen MR) is 84.5 cm³/mol. The smallest absolute Gasteiger partial charge is 0.410 e. The Bertz CT molecular complexity index is 494. The van der Waals surface area contributed by atoms with E-state index >= 15 is 0 Å². The van der Waals surface area contributed by atoms with Gasteiger partial charge in [0.25, 0.3) is 0 Å². The second kappa shape index (κ2) is 6.76. The molecule has 1 heterocycles. The standard InChI is InChI=1S/C14H22N4O2S/c1-10(11(9-15)12(16)21)17-5-7-18(8-6-17)13(19)20-14(2,3)4/h5-8H2,1-4H3,(H2,16,21)/b11-10+. The summed E-state index contributed by atoms with van der Waals surface area (Å²) in [6.07, 6.45) is -0.307. The Morgan fingerprint density at radius 1 is 1.24 bits per heavy atom. The van der Waals surface area contributed by atoms with E-state index in [4.69, 9.17) is 28.0 Å². The van der Waals surface area contributed by atoms with Crippen LogP contribution in [0.2, 0.25) is 0 Å². The summed E-state index contributed by atoms with van der Waals surface area (Å²) in [6, 6.07) is 2.03. The van der Waals surface area contributed by atoms with Crippen LogP contribution in [0.5, 0.6) is 0 Å². The molecule has 0 bridgehead atoms. The van der Waals surface area contributed by atoms with Crippen molar-refractivity contribution in [3.05, 3.63) is 11.3 Å². The van der Waals surface area contributed by atoms with Crippen LogP contribution in [0.3, 0.4) is 0 Å². The first-order valence-corrected chi connectivity index (χ1v) is 7.20. The lowest BCUT2D eigenvalue weighted by Crippen LogP contribution is -2.49. The number of rotatable bonds is 2. The molecule has 0 spiro atoms. The topological polar surface area (TPSA) is 82.6 Å². The normalized spacial score (nSPS) is 16.9. The lowest BCUT2D eigenvalue weighted by atomic mass is 10.2. The minimum absolute atomic E-state index is 0.101. The molecule has 6 nitrogen and oxygen atoms in total. The fraction of sp³-hybridized carbons (Fsp3) is 0.643. The number of carbonyl (C=O) groups excluding carboxylic acids is 1. The van der Waals surface area contributed by atoms with E-state index in [0.29, 0.717) is 31.8 Å². The van der Waals surface area contributed by atoms with Crippen LogP contribution in [0.4, 0.5) is 4.79 Å². The predicted octanol–water partition coefficient (Wildman–Crippen LogP) is 1.62. The minimum atomic E-state index is -0.496. The van der Waals surface area contributed by atoms with Crippen LogP contribution >= 0.6 is 12.2 Å². The van der Waals surface area contributed by atoms with Crippen molar-refractivity contribution in [3.63, 3.8) is 0 Å². The average molecular weight is 310 g/mol. The zero-order valence-electron chi connectivity index (χ0n) is 13.0. The highest BCUT2D eigenvalue weighted by molar-refractivity contribution is 7.80. The largest absolute Gasteiger partial charge is 0.444 e. The van der Waals surface area contributed by atoms with Gasteiger partial charge < -0.3 is 20.3 Å². The Kier molecular flexibility index (Phi) is 5.55. The number of thiocarbonyl (C=S) groups is 1. The first kappa shape index (κ1) is 17.2. The zero-order chi connectivity index (χ0) is 16.2. The van der Waals surface area contributed by atoms with Gasteiger partial charge in [0.1, 0.15) is 22.2 Å². The molecule has 0 unspecified atom stereocenters. The maximum absolute atomic E-state index is 12.0. The van der Waals surface area contributed by atoms with Gasteiger partial charge in [0, 0.05) is 31.9 Å². The molecule has 0 saturated carbocycles. The molecule has 21 heavy (non-hydrogen) atoms. The van der Waals surface area contributed by atoms with Gasteiger partial charge in [0.05, 0.1) is 0 Å². The van der Waals surface area contributed by atoms with Crippen LogP contribution in [0.15, 0.2) is 11.3 Å². The van der Waals surface area contributed by atoms with Gasteiger partial charge in [-0.25, -0.2) is 4.79 Å². The molecule has 116 valence electrons. The molecule has 1 aliphatic rings. The summed E-state index contributed by atoms with van der Waals surface area (Å²) in [5, 5.41) is 9.08. The number of allylic oxidation sites excluding steroid dienone is 1. The van der Waals surface area contributed by atoms with Crippen molar-refractivity contribution in [1.82, 2.24) is 9.80 Å². The van der Waals surface area contributed by atoms with Crippen LogP contribution in [0.1, 0.15) is 27.7 Å². The maximum atomic E-state index is 12.0. The van der Waals surface area contributed by atoms with E-state index in [1.54, 1.807) is 4.90 Å². The molecule has 1 fully saturated rings. The Morgan fingerprint density at radius 3 is 2.10 bits per heavy atom. The molecular weight excluding hydrogens is 288 g/mol. The van der Waals surface area contributed by atoms with E-state index in [-0.39, 0.29) is 11.1 Å². The molecule has 2 N–H and O–H groups in total. The Morgan fingerprint density at radius 2 is 1.71 bits per heavy atom. The van der Waals surface area contributed by atoms with E-state index in [9.17, 15) is 4.79 Å². The van der Waals surface area contributed by atoms with Crippen LogP contribution in [0, 0.1) is 11.3 Å². The SMILES string of the molecule is C/C(=C(/C#N)C(N)=S)N1CCN(C(=O)OC(C)(C)C)CC1. The van der Waals surface area contributed by atoms with Crippen molar-refractivity contribution in [1.29, 1.82) is 5.26 Å². The summed E-state index contributed by atoms with van der Waals surface area (Å²) < 4.78 is 5.34. The second-order valence-electron chi connectivity index (χ2n) is 5.89. The summed E-state index contributed by atoms with van der Waals surface area (Å²) in [4.78, 5) is 15.8. The highest BCUT2D eigenvalue weighted by atomic mass is 32.1. The molecule has 0 aromatic carbocycles. The third-order valence-corrected chi connectivity index (χ3v) is 3.33. The maximum Gasteiger partial charge on any atom is 0.410 e. The lowest BCUT2D eigenvalue weighted by Gasteiger charge is -2.37. The van der Waals surface area contributed by atoms with E-state index in [2.05, 4.69) is 0 Å². The number of nitrogens with two attached hydrogens (primary N) is 1. The van der Waals surface area contributed by atoms with E-state index in [1.807, 2.05) is 38.7 Å². The van der Waals surface area contributed by atoms with Crippen LogP contribution in [0.25, 0.3) is 0 Å². The fourth-order valence-electron chi connectivity index (χ4n) is 2.02. The Labute approximate surface area is 131 Å². The molecule has 7 heteroatoms. The first-order valence-electron chi connectivity index (χ1n) is 6.79. The van der Waals surface area contributed by atoms with Gasteiger partial charge in [-0.15, -0.1) is 0 Å². The number of ether oxygens (including phenoxy) is 1. The monoisotopic (exact) mass is 310 g/mol. The fourth-order valence-corrected chi connectivity index (χ4v) is 2.22. The van der Waals surface area contributed by atoms with Gasteiger partial charge in [0.2, 0.25) is 0 Å². The molecule has 1 rings (SSSR count). The summed E-state index contributed by atoms with van der Waals surface area (Å²) in [6.45, 7) is 9.68. The summed E-state index contributed by atoms with van der Waals surface area (Å²) in [5.74, 6) is 0. The van der Waals surface area contributed by atoms with Crippen molar-refractivity contribution in [2.45, 2.75) is 33.3 Å². The lowest BCUT2D eigenvalue weighted by molar-refractivity contribution is 0.0168. The number of hydrogen-bond donors (Lipinski definition) is 1. The second-order valence-corrected chi connectivity index (χ2v) is 6.33. The van der Waals surface area contributed by atoms with Gasteiger partial charge >= 0.3 is 6.09 Å². The number of hydrogen-bond acceptors (Lipinski definition) is 5. The number of amides is 1. The van der Waals surface area contributed by atoms with Gasteiger partial charge in [-0.2, -0.15) is 5.26 Å². The first-order chi connectivity index (χ1) is 9.65. The van der Waals surface area contributed by atoms with Crippen molar-refractivity contribution >= 4 is 23.3 Å². The molecule has 0 aromatic heterocycles. The van der Waals surface area contributed by atoms with Gasteiger partial charge in [-0.05, 0) is 27.7 Å². The minimum Gasteiger partial charge on any atom is -0.444 e. The van der Waals surface area contributed by atoms with Crippen molar-refractivity contribution in [2.75, 3.05) is 26.2 Å². The van der Waals surface area contributed by atoms with Crippen LogP contribution in [-0.2, 0) is 4.74 Å². The Hall–Kier alpha value is -1.81. The number of nitriles is 1. The van der Waals surface area contributed by atoms with Crippen molar-refractivity contribution < 1.29 is 9.53 Å². The third-order valence-electron chi connectivity index (χ3n) is 3.13. The summed E-state index contributed by atoms with van der Waals surface area (Å²) in [5.41, 5.74) is 6.13. The quantitative estimate of drug-likeness (QED) is 0.474. The highest BCUT2D eigenvalue weighted by Crippen LogP contribution is 2.16. The number of carbonyl (C=O) groups is 1. The van der Waals surface area contributed by atoms with Crippen molar-refractivity contribution in [2.24, 2.45) is 5.73 Å². The average Bonchev–Trinajstić information content (AvgIpc) is 2.37. The molecule has 1 amide bonds.